The Morgan fingerprint density at radius 2 is 2.24 bits per heavy atom. The summed E-state index contributed by atoms with van der Waals surface area (Å²) in [5.41, 5.74) is -0.356. The van der Waals surface area contributed by atoms with Crippen LogP contribution in [0.5, 0.6) is 0 Å². The minimum absolute atomic E-state index is 0.102. The van der Waals surface area contributed by atoms with Crippen molar-refractivity contribution in [3.63, 3.8) is 0 Å². The largest absolute Gasteiger partial charge is 0.481 e. The molecule has 2 atom stereocenters. The molecule has 0 bridgehead atoms. The second-order valence-corrected chi connectivity index (χ2v) is 5.78. The maximum Gasteiger partial charge on any atom is 0.303 e. The van der Waals surface area contributed by atoms with E-state index in [-0.39, 0.29) is 11.8 Å². The lowest BCUT2D eigenvalue weighted by atomic mass is 9.86. The predicted molar refractivity (Wildman–Crippen MR) is 60.6 cm³/mol. The number of carboxylic acids is 1. The van der Waals surface area contributed by atoms with Gasteiger partial charge in [-0.1, -0.05) is 25.9 Å². The van der Waals surface area contributed by atoms with Gasteiger partial charge in [0.15, 0.2) is 5.82 Å². The number of nitrogens with zero attached hydrogens (tertiary/aromatic N) is 2. The fourth-order valence-corrected chi connectivity index (χ4v) is 2.05. The summed E-state index contributed by atoms with van der Waals surface area (Å²) in [5.74, 6) is 1.61. The molecule has 2 rings (SSSR count). The quantitative estimate of drug-likeness (QED) is 0.851. The molecule has 0 saturated heterocycles. The second-order valence-electron chi connectivity index (χ2n) is 5.78. The first-order valence-corrected chi connectivity index (χ1v) is 5.92. The van der Waals surface area contributed by atoms with E-state index < -0.39 is 5.97 Å². The highest BCUT2D eigenvalue weighted by Crippen LogP contribution is 2.45. The van der Waals surface area contributed by atoms with E-state index in [0.717, 1.165) is 12.2 Å². The van der Waals surface area contributed by atoms with Gasteiger partial charge >= 0.3 is 5.97 Å². The van der Waals surface area contributed by atoms with Crippen molar-refractivity contribution in [3.8, 4) is 0 Å². The van der Waals surface area contributed by atoms with Gasteiger partial charge in [0.2, 0.25) is 5.89 Å². The number of hydrogen-bond donors (Lipinski definition) is 1. The Labute approximate surface area is 100 Å². The average Bonchev–Trinajstić information content (AvgIpc) is 2.71. The minimum atomic E-state index is -0.800. The molecule has 1 aliphatic rings. The van der Waals surface area contributed by atoms with Crippen LogP contribution >= 0.6 is 0 Å². The summed E-state index contributed by atoms with van der Waals surface area (Å²) in [6, 6.07) is 0. The number of hydrogen-bond acceptors (Lipinski definition) is 4. The summed E-state index contributed by atoms with van der Waals surface area (Å²) in [6.45, 7) is 5.95. The van der Waals surface area contributed by atoms with Crippen LogP contribution in [0.3, 0.4) is 0 Å². The lowest BCUT2D eigenvalue weighted by Gasteiger charge is -2.19. The SMILES string of the molecule is CC1CC1c1noc(CC(C)(C)CC(=O)O)n1. The Morgan fingerprint density at radius 3 is 2.76 bits per heavy atom. The third-order valence-corrected chi connectivity index (χ3v) is 3.18. The van der Waals surface area contributed by atoms with Crippen LogP contribution in [-0.4, -0.2) is 21.2 Å². The molecule has 1 aromatic heterocycles. The second kappa shape index (κ2) is 4.13. The van der Waals surface area contributed by atoms with Crippen LogP contribution in [0.1, 0.15) is 51.2 Å². The van der Waals surface area contributed by atoms with Gasteiger partial charge in [0.05, 0.1) is 6.42 Å². The van der Waals surface area contributed by atoms with E-state index in [9.17, 15) is 4.79 Å². The van der Waals surface area contributed by atoms with Crippen molar-refractivity contribution in [2.24, 2.45) is 11.3 Å². The van der Waals surface area contributed by atoms with Crippen molar-refractivity contribution in [1.82, 2.24) is 10.1 Å². The Bertz CT molecular complexity index is 425. The van der Waals surface area contributed by atoms with Crippen LogP contribution in [0.15, 0.2) is 4.52 Å². The average molecular weight is 238 g/mol. The highest BCUT2D eigenvalue weighted by Gasteiger charge is 2.38. The molecule has 1 aliphatic carbocycles. The molecule has 1 N–H and O–H groups in total. The Morgan fingerprint density at radius 1 is 1.59 bits per heavy atom. The zero-order chi connectivity index (χ0) is 12.6. The Kier molecular flexibility index (Phi) is 2.93. The van der Waals surface area contributed by atoms with E-state index in [1.165, 1.54) is 0 Å². The van der Waals surface area contributed by atoms with Gasteiger partial charge in [-0.3, -0.25) is 4.79 Å². The van der Waals surface area contributed by atoms with Crippen molar-refractivity contribution in [1.29, 1.82) is 0 Å². The highest BCUT2D eigenvalue weighted by atomic mass is 16.5. The molecule has 5 heteroatoms. The molecule has 2 unspecified atom stereocenters. The van der Waals surface area contributed by atoms with Crippen LogP contribution in [-0.2, 0) is 11.2 Å². The molecule has 0 aromatic carbocycles. The summed E-state index contributed by atoms with van der Waals surface area (Å²) in [7, 11) is 0. The predicted octanol–water partition coefficient (Wildman–Crippen LogP) is 2.24. The molecular weight excluding hydrogens is 220 g/mol. The van der Waals surface area contributed by atoms with Crippen molar-refractivity contribution in [3.05, 3.63) is 11.7 Å². The first kappa shape index (κ1) is 12.1. The first-order valence-electron chi connectivity index (χ1n) is 5.92. The fourth-order valence-electron chi connectivity index (χ4n) is 2.05. The van der Waals surface area contributed by atoms with E-state index in [1.807, 2.05) is 13.8 Å². The lowest BCUT2D eigenvalue weighted by Crippen LogP contribution is -2.19. The monoisotopic (exact) mass is 238 g/mol. The van der Waals surface area contributed by atoms with Crippen LogP contribution in [0.4, 0.5) is 0 Å². The van der Waals surface area contributed by atoms with E-state index in [2.05, 4.69) is 17.1 Å². The maximum absolute atomic E-state index is 10.7. The standard InChI is InChI=1S/C12H18N2O3/c1-7-4-8(7)11-13-9(17-14-11)5-12(2,3)6-10(15)16/h7-8H,4-6H2,1-3H3,(H,15,16). The van der Waals surface area contributed by atoms with Crippen LogP contribution in [0.25, 0.3) is 0 Å². The van der Waals surface area contributed by atoms with Gasteiger partial charge in [0.25, 0.3) is 0 Å². The third kappa shape index (κ3) is 3.05. The summed E-state index contributed by atoms with van der Waals surface area (Å²) in [6.07, 6.45) is 1.73. The highest BCUT2D eigenvalue weighted by molar-refractivity contribution is 5.67. The molecule has 0 spiro atoms. The molecule has 1 saturated carbocycles. The van der Waals surface area contributed by atoms with Crippen molar-refractivity contribution in [2.75, 3.05) is 0 Å². The van der Waals surface area contributed by atoms with Gasteiger partial charge in [-0.05, 0) is 17.8 Å². The van der Waals surface area contributed by atoms with Gasteiger partial charge in [0.1, 0.15) is 0 Å². The number of aromatic nitrogens is 2. The zero-order valence-electron chi connectivity index (χ0n) is 10.4. The van der Waals surface area contributed by atoms with Crippen molar-refractivity contribution >= 4 is 5.97 Å². The van der Waals surface area contributed by atoms with E-state index in [0.29, 0.717) is 24.1 Å². The Hall–Kier alpha value is -1.39. The normalized spacial score (nSPS) is 23.7. The van der Waals surface area contributed by atoms with E-state index in [1.54, 1.807) is 0 Å². The zero-order valence-corrected chi connectivity index (χ0v) is 10.4. The van der Waals surface area contributed by atoms with Gasteiger partial charge in [-0.25, -0.2) is 0 Å². The van der Waals surface area contributed by atoms with Crippen LogP contribution in [0.2, 0.25) is 0 Å². The van der Waals surface area contributed by atoms with Crippen LogP contribution < -0.4 is 0 Å². The van der Waals surface area contributed by atoms with Crippen molar-refractivity contribution in [2.45, 2.75) is 46.0 Å². The molecule has 17 heavy (non-hydrogen) atoms. The molecule has 0 amide bonds. The number of aliphatic carboxylic acids is 1. The minimum Gasteiger partial charge on any atom is -0.481 e. The summed E-state index contributed by atoms with van der Waals surface area (Å²) < 4.78 is 5.18. The molecular formula is C12H18N2O3. The third-order valence-electron chi connectivity index (χ3n) is 3.18. The van der Waals surface area contributed by atoms with Gasteiger partial charge in [0, 0.05) is 12.3 Å². The van der Waals surface area contributed by atoms with Crippen LogP contribution in [0, 0.1) is 11.3 Å². The van der Waals surface area contributed by atoms with Crippen molar-refractivity contribution < 1.29 is 14.4 Å². The number of carboxylic acid groups (broad SMARTS) is 1. The van der Waals surface area contributed by atoms with Gasteiger partial charge in [-0.2, -0.15) is 4.98 Å². The topological polar surface area (TPSA) is 76.2 Å². The molecule has 5 nitrogen and oxygen atoms in total. The molecule has 1 fully saturated rings. The van der Waals surface area contributed by atoms with E-state index in [4.69, 9.17) is 9.63 Å². The molecule has 1 aromatic rings. The summed E-state index contributed by atoms with van der Waals surface area (Å²) in [5, 5.41) is 12.8. The fraction of sp³-hybridized carbons (Fsp3) is 0.750. The molecule has 1 heterocycles. The molecule has 0 radical (unpaired) electrons. The van der Waals surface area contributed by atoms with Gasteiger partial charge < -0.3 is 9.63 Å². The number of carbonyl (C=O) groups is 1. The first-order chi connectivity index (χ1) is 7.87. The summed E-state index contributed by atoms with van der Waals surface area (Å²) in [4.78, 5) is 15.0. The lowest BCUT2D eigenvalue weighted by molar-refractivity contribution is -0.139. The summed E-state index contributed by atoms with van der Waals surface area (Å²) >= 11 is 0. The maximum atomic E-state index is 10.7. The Balaban J connectivity index is 1.98. The smallest absolute Gasteiger partial charge is 0.303 e. The van der Waals surface area contributed by atoms with Gasteiger partial charge in [-0.15, -0.1) is 0 Å². The molecule has 0 aliphatic heterocycles. The number of rotatable bonds is 5. The van der Waals surface area contributed by atoms with E-state index >= 15 is 0 Å². The molecule has 94 valence electrons.